The molecule has 0 bridgehead atoms. The Labute approximate surface area is 162 Å². The van der Waals surface area contributed by atoms with Crippen LogP contribution < -0.4 is 0 Å². The smallest absolute Gasteiger partial charge is 0.303 e. The number of carbonyl (C=O) groups excluding carboxylic acids is 4. The van der Waals surface area contributed by atoms with Crippen molar-refractivity contribution in [1.29, 1.82) is 0 Å². The lowest BCUT2D eigenvalue weighted by Crippen LogP contribution is -2.64. The molecule has 6 atom stereocenters. The van der Waals surface area contributed by atoms with E-state index < -0.39 is 60.7 Å². The van der Waals surface area contributed by atoms with Gasteiger partial charge in [0.1, 0.15) is 18.8 Å². The maximum absolute atomic E-state index is 11.7. The molecule has 1 heterocycles. The molecule has 11 nitrogen and oxygen atoms in total. The van der Waals surface area contributed by atoms with Gasteiger partial charge in [-0.15, -0.1) is 0 Å². The molecule has 0 N–H and O–H groups in total. The van der Waals surface area contributed by atoms with Crippen LogP contribution in [0, 0.1) is 0 Å². The first-order valence-corrected chi connectivity index (χ1v) is 8.46. The van der Waals surface area contributed by atoms with E-state index in [0.29, 0.717) is 0 Å². The van der Waals surface area contributed by atoms with Gasteiger partial charge in [0.25, 0.3) is 0 Å². The highest BCUT2D eigenvalue weighted by atomic mass is 16.7. The van der Waals surface area contributed by atoms with E-state index in [0.717, 1.165) is 13.8 Å². The molecule has 1 aliphatic rings. The summed E-state index contributed by atoms with van der Waals surface area (Å²) < 4.78 is 37.1. The molecule has 1 aliphatic heterocycles. The van der Waals surface area contributed by atoms with Gasteiger partial charge in [-0.1, -0.05) is 0 Å². The molecule has 1 fully saturated rings. The number of methoxy groups -OCH3 is 2. The average molecular weight is 406 g/mol. The van der Waals surface area contributed by atoms with E-state index in [4.69, 9.17) is 33.2 Å². The van der Waals surface area contributed by atoms with Crippen LogP contribution in [0.5, 0.6) is 0 Å². The lowest BCUT2D eigenvalue weighted by molar-refractivity contribution is -0.314. The highest BCUT2D eigenvalue weighted by Crippen LogP contribution is 2.31. The molecule has 0 aromatic rings. The van der Waals surface area contributed by atoms with Crippen LogP contribution in [-0.4, -0.2) is 81.5 Å². The third-order valence-corrected chi connectivity index (χ3v) is 3.77. The second-order valence-electron chi connectivity index (χ2n) is 6.00. The van der Waals surface area contributed by atoms with Crippen molar-refractivity contribution < 1.29 is 52.3 Å². The van der Waals surface area contributed by atoms with E-state index >= 15 is 0 Å². The Bertz CT molecular complexity index is 575. The van der Waals surface area contributed by atoms with Gasteiger partial charge < -0.3 is 33.2 Å². The van der Waals surface area contributed by atoms with Gasteiger partial charge in [-0.3, -0.25) is 19.2 Å². The summed E-state index contributed by atoms with van der Waals surface area (Å²) in [4.78, 5) is 46.0. The Morgan fingerprint density at radius 2 is 1.36 bits per heavy atom. The normalized spacial score (nSPS) is 28.0. The standard InChI is InChI=1S/C17H26O11/c1-8(18)24-7-12(25-9(2)19)13-14(26-10(3)20)15(27-11(4)21)16(22-5)17(23-6)28-13/h12-17H,7H2,1-6H3/t12-,13-,14-,15+,16-,17-/m1/s1. The minimum absolute atomic E-state index is 0.377. The molecule has 1 saturated heterocycles. The Balaban J connectivity index is 3.32. The van der Waals surface area contributed by atoms with Crippen molar-refractivity contribution in [3.05, 3.63) is 0 Å². The lowest BCUT2D eigenvalue weighted by atomic mass is 9.94. The van der Waals surface area contributed by atoms with E-state index in [1.807, 2.05) is 0 Å². The topological polar surface area (TPSA) is 133 Å². The fourth-order valence-electron chi connectivity index (χ4n) is 2.83. The minimum Gasteiger partial charge on any atom is -0.462 e. The van der Waals surface area contributed by atoms with Gasteiger partial charge in [0.05, 0.1) is 0 Å². The third-order valence-electron chi connectivity index (χ3n) is 3.77. The first kappa shape index (κ1) is 23.8. The van der Waals surface area contributed by atoms with Crippen LogP contribution in [0.4, 0.5) is 0 Å². The number of ether oxygens (including phenoxy) is 7. The van der Waals surface area contributed by atoms with Gasteiger partial charge in [-0.05, 0) is 0 Å². The van der Waals surface area contributed by atoms with Crippen LogP contribution in [0.15, 0.2) is 0 Å². The minimum atomic E-state index is -1.22. The Morgan fingerprint density at radius 1 is 0.786 bits per heavy atom. The highest BCUT2D eigenvalue weighted by molar-refractivity contribution is 5.68. The van der Waals surface area contributed by atoms with Crippen LogP contribution >= 0.6 is 0 Å². The Kier molecular flexibility index (Phi) is 9.29. The molecule has 11 heteroatoms. The van der Waals surface area contributed by atoms with Crippen molar-refractivity contribution in [2.75, 3.05) is 20.8 Å². The summed E-state index contributed by atoms with van der Waals surface area (Å²) >= 11 is 0. The van der Waals surface area contributed by atoms with Crippen LogP contribution in [0.25, 0.3) is 0 Å². The first-order valence-electron chi connectivity index (χ1n) is 8.46. The number of hydrogen-bond donors (Lipinski definition) is 0. The zero-order valence-corrected chi connectivity index (χ0v) is 16.7. The van der Waals surface area contributed by atoms with Gasteiger partial charge in [0, 0.05) is 41.9 Å². The average Bonchev–Trinajstić information content (AvgIpc) is 2.58. The summed E-state index contributed by atoms with van der Waals surface area (Å²) in [5, 5.41) is 0. The van der Waals surface area contributed by atoms with Crippen molar-refractivity contribution in [3.8, 4) is 0 Å². The molecule has 0 aliphatic carbocycles. The molecule has 0 amide bonds. The highest BCUT2D eigenvalue weighted by Gasteiger charge is 2.54. The van der Waals surface area contributed by atoms with E-state index in [-0.39, 0.29) is 6.61 Å². The van der Waals surface area contributed by atoms with Gasteiger partial charge >= 0.3 is 23.9 Å². The fourth-order valence-corrected chi connectivity index (χ4v) is 2.83. The summed E-state index contributed by atoms with van der Waals surface area (Å²) in [6.45, 7) is 4.28. The van der Waals surface area contributed by atoms with Crippen LogP contribution in [-0.2, 0) is 52.3 Å². The molecule has 0 radical (unpaired) electrons. The quantitative estimate of drug-likeness (QED) is 0.389. The predicted molar refractivity (Wildman–Crippen MR) is 89.8 cm³/mol. The molecule has 0 aromatic carbocycles. The first-order chi connectivity index (χ1) is 13.1. The molecule has 0 unspecified atom stereocenters. The molecular weight excluding hydrogens is 380 g/mol. The zero-order valence-electron chi connectivity index (χ0n) is 16.7. The molecule has 1 rings (SSSR count). The summed E-state index contributed by atoms with van der Waals surface area (Å²) in [5.41, 5.74) is 0. The lowest BCUT2D eigenvalue weighted by Gasteiger charge is -2.45. The summed E-state index contributed by atoms with van der Waals surface area (Å²) in [5.74, 6) is -2.67. The number of rotatable bonds is 8. The number of carbonyl (C=O) groups is 4. The molecule has 0 aromatic heterocycles. The largest absolute Gasteiger partial charge is 0.462 e. The van der Waals surface area contributed by atoms with Crippen molar-refractivity contribution in [2.45, 2.75) is 64.5 Å². The Hall–Kier alpha value is -2.24. The molecule has 28 heavy (non-hydrogen) atoms. The summed E-state index contributed by atoms with van der Waals surface area (Å²) in [7, 11) is 2.67. The van der Waals surface area contributed by atoms with Gasteiger partial charge in [0.15, 0.2) is 24.6 Å². The van der Waals surface area contributed by atoms with Gasteiger partial charge in [-0.2, -0.15) is 0 Å². The van der Waals surface area contributed by atoms with Crippen LogP contribution in [0.3, 0.4) is 0 Å². The fraction of sp³-hybridized carbons (Fsp3) is 0.765. The summed E-state index contributed by atoms with van der Waals surface area (Å²) in [6, 6.07) is 0. The van der Waals surface area contributed by atoms with Crippen molar-refractivity contribution in [1.82, 2.24) is 0 Å². The third kappa shape index (κ3) is 6.73. The molecular formula is C17H26O11. The van der Waals surface area contributed by atoms with E-state index in [1.54, 1.807) is 0 Å². The summed E-state index contributed by atoms with van der Waals surface area (Å²) in [6.07, 6.45) is -6.70. The monoisotopic (exact) mass is 406 g/mol. The molecule has 0 spiro atoms. The van der Waals surface area contributed by atoms with Gasteiger partial charge in [-0.25, -0.2) is 0 Å². The number of hydrogen-bond acceptors (Lipinski definition) is 11. The SMILES string of the molecule is CO[C@@H]1O[C@H]([C@@H](COC(C)=O)OC(C)=O)[C@@H](OC(C)=O)[C@H](OC(C)=O)[C@H]1OC. The second kappa shape index (κ2) is 10.9. The Morgan fingerprint density at radius 3 is 1.79 bits per heavy atom. The predicted octanol–water partition coefficient (Wildman–Crippen LogP) is -0.269. The maximum Gasteiger partial charge on any atom is 0.303 e. The van der Waals surface area contributed by atoms with Crippen molar-refractivity contribution >= 4 is 23.9 Å². The van der Waals surface area contributed by atoms with E-state index in [9.17, 15) is 19.2 Å². The van der Waals surface area contributed by atoms with Gasteiger partial charge in [0.2, 0.25) is 0 Å². The van der Waals surface area contributed by atoms with Crippen molar-refractivity contribution in [3.63, 3.8) is 0 Å². The second-order valence-corrected chi connectivity index (χ2v) is 6.00. The van der Waals surface area contributed by atoms with E-state index in [1.165, 1.54) is 28.1 Å². The van der Waals surface area contributed by atoms with Crippen molar-refractivity contribution in [2.24, 2.45) is 0 Å². The maximum atomic E-state index is 11.7. The molecule has 160 valence electrons. The van der Waals surface area contributed by atoms with Crippen LogP contribution in [0.2, 0.25) is 0 Å². The zero-order chi connectivity index (χ0) is 21.4. The van der Waals surface area contributed by atoms with Crippen LogP contribution in [0.1, 0.15) is 27.7 Å². The number of esters is 4. The van der Waals surface area contributed by atoms with E-state index in [2.05, 4.69) is 0 Å². The molecule has 0 saturated carbocycles.